The summed E-state index contributed by atoms with van der Waals surface area (Å²) in [5, 5.41) is 15.4. The monoisotopic (exact) mass is 397 g/mol. The van der Waals surface area contributed by atoms with E-state index in [0.29, 0.717) is 5.75 Å². The molecule has 6 nitrogen and oxygen atoms in total. The van der Waals surface area contributed by atoms with Gasteiger partial charge in [0.1, 0.15) is 18.5 Å². The van der Waals surface area contributed by atoms with Gasteiger partial charge in [-0.2, -0.15) is 0 Å². The Morgan fingerprint density at radius 3 is 2.48 bits per heavy atom. The number of rotatable bonds is 9. The van der Waals surface area contributed by atoms with E-state index in [9.17, 15) is 9.90 Å². The normalized spacial score (nSPS) is 15.5. The van der Waals surface area contributed by atoms with Crippen LogP contribution in [0.25, 0.3) is 0 Å². The van der Waals surface area contributed by atoms with Crippen molar-refractivity contribution in [2.24, 2.45) is 0 Å². The predicted octanol–water partition coefficient (Wildman–Crippen LogP) is 3.28. The highest BCUT2D eigenvalue weighted by molar-refractivity contribution is 5.89. The third-order valence-corrected chi connectivity index (χ3v) is 5.06. The largest absolute Gasteiger partial charge is 0.491 e. The van der Waals surface area contributed by atoms with Gasteiger partial charge in [0.25, 0.3) is 0 Å². The van der Waals surface area contributed by atoms with Crippen LogP contribution in [0.5, 0.6) is 5.75 Å². The molecular weight excluding hydrogens is 366 g/mol. The van der Waals surface area contributed by atoms with Gasteiger partial charge >= 0.3 is 6.03 Å². The van der Waals surface area contributed by atoms with Crippen molar-refractivity contribution in [2.75, 3.05) is 38.1 Å². The van der Waals surface area contributed by atoms with Gasteiger partial charge in [0.2, 0.25) is 0 Å². The molecule has 0 radical (unpaired) electrons. The minimum absolute atomic E-state index is 0.118. The van der Waals surface area contributed by atoms with Crippen LogP contribution in [0.2, 0.25) is 0 Å². The number of benzene rings is 2. The number of aliphatic hydroxyl groups excluding tert-OH is 1. The zero-order chi connectivity index (χ0) is 20.3. The molecule has 156 valence electrons. The number of nitrogens with zero attached hydrogens (tertiary/aromatic N) is 1. The molecule has 0 bridgehead atoms. The van der Waals surface area contributed by atoms with Crippen LogP contribution in [0, 0.1) is 0 Å². The van der Waals surface area contributed by atoms with E-state index in [1.54, 1.807) is 0 Å². The summed E-state index contributed by atoms with van der Waals surface area (Å²) >= 11 is 0. The Hall–Kier alpha value is -2.57. The zero-order valence-electron chi connectivity index (χ0n) is 16.8. The fourth-order valence-corrected chi connectivity index (χ4v) is 3.38. The molecule has 0 spiro atoms. The summed E-state index contributed by atoms with van der Waals surface area (Å²) in [6.07, 6.45) is 4.23. The molecule has 2 aromatic carbocycles. The van der Waals surface area contributed by atoms with Gasteiger partial charge in [0, 0.05) is 18.8 Å². The lowest BCUT2D eigenvalue weighted by atomic mass is 10.1. The quantitative estimate of drug-likeness (QED) is 0.607. The number of carbonyl (C=O) groups excluding carboxylic acids is 1. The first-order valence-corrected chi connectivity index (χ1v) is 10.4. The number of hydrogen-bond acceptors (Lipinski definition) is 4. The highest BCUT2D eigenvalue weighted by atomic mass is 16.5. The molecule has 29 heavy (non-hydrogen) atoms. The molecule has 0 aliphatic carbocycles. The van der Waals surface area contributed by atoms with Gasteiger partial charge in [0.15, 0.2) is 0 Å². The van der Waals surface area contributed by atoms with E-state index >= 15 is 0 Å². The topological polar surface area (TPSA) is 73.8 Å². The van der Waals surface area contributed by atoms with E-state index in [1.165, 1.54) is 37.9 Å². The molecule has 0 aromatic heterocycles. The number of nitrogens with one attached hydrogen (secondary N) is 2. The number of ether oxygens (including phenoxy) is 1. The van der Waals surface area contributed by atoms with Crippen LogP contribution in [-0.4, -0.2) is 54.9 Å². The summed E-state index contributed by atoms with van der Waals surface area (Å²) in [5.74, 6) is 0.691. The van der Waals surface area contributed by atoms with Gasteiger partial charge in [-0.05, 0) is 62.2 Å². The molecule has 2 aromatic rings. The van der Waals surface area contributed by atoms with E-state index in [2.05, 4.69) is 27.7 Å². The third kappa shape index (κ3) is 7.75. The van der Waals surface area contributed by atoms with Crippen molar-refractivity contribution in [3.63, 3.8) is 0 Å². The average molecular weight is 398 g/mol. The molecule has 0 saturated carbocycles. The van der Waals surface area contributed by atoms with E-state index in [4.69, 9.17) is 4.74 Å². The maximum atomic E-state index is 12.0. The molecule has 6 heteroatoms. The lowest BCUT2D eigenvalue weighted by Crippen LogP contribution is -2.37. The van der Waals surface area contributed by atoms with Crippen LogP contribution in [0.4, 0.5) is 10.5 Å². The second kappa shape index (κ2) is 11.4. The molecule has 3 N–H and O–H groups in total. The summed E-state index contributed by atoms with van der Waals surface area (Å²) in [5.41, 5.74) is 2.01. The smallest absolute Gasteiger partial charge is 0.319 e. The number of para-hydroxylation sites is 1. The van der Waals surface area contributed by atoms with Crippen LogP contribution in [-0.2, 0) is 6.42 Å². The van der Waals surface area contributed by atoms with Gasteiger partial charge in [-0.25, -0.2) is 4.79 Å². The highest BCUT2D eigenvalue weighted by Gasteiger charge is 2.10. The summed E-state index contributed by atoms with van der Waals surface area (Å²) in [7, 11) is 0. The van der Waals surface area contributed by atoms with Crippen molar-refractivity contribution >= 4 is 11.7 Å². The van der Waals surface area contributed by atoms with Crippen molar-refractivity contribution in [1.82, 2.24) is 10.2 Å². The Kier molecular flexibility index (Phi) is 8.34. The van der Waals surface area contributed by atoms with Crippen molar-refractivity contribution in [1.29, 1.82) is 0 Å². The van der Waals surface area contributed by atoms with E-state index in [0.717, 1.165) is 18.7 Å². The Morgan fingerprint density at radius 1 is 1.03 bits per heavy atom. The minimum Gasteiger partial charge on any atom is -0.491 e. The molecule has 1 fully saturated rings. The first-order chi connectivity index (χ1) is 14.2. The molecule has 0 unspecified atom stereocenters. The summed E-state index contributed by atoms with van der Waals surface area (Å²) in [4.78, 5) is 14.6. The van der Waals surface area contributed by atoms with Gasteiger partial charge in [0.05, 0.1) is 0 Å². The van der Waals surface area contributed by atoms with Gasteiger partial charge in [-0.15, -0.1) is 0 Å². The standard InChI is InChI=1S/C23H31N3O3/c27-21(18-29-22-7-3-1-4-8-22)17-24-23(28)25-20-11-9-19(10-12-20)13-16-26-14-5-2-6-15-26/h1,3-4,7-12,21,27H,2,5-6,13-18H2,(H2,24,25,28)/t21-/m0/s1. The minimum atomic E-state index is -0.780. The number of aliphatic hydroxyl groups is 1. The molecule has 1 heterocycles. The Bertz CT molecular complexity index is 731. The van der Waals surface area contributed by atoms with Crippen LogP contribution in [0.15, 0.2) is 54.6 Å². The molecule has 1 saturated heterocycles. The van der Waals surface area contributed by atoms with E-state index in [1.807, 2.05) is 42.5 Å². The number of anilines is 1. The van der Waals surface area contributed by atoms with Crippen LogP contribution < -0.4 is 15.4 Å². The molecule has 2 amide bonds. The third-order valence-electron chi connectivity index (χ3n) is 5.06. The van der Waals surface area contributed by atoms with E-state index < -0.39 is 6.10 Å². The molecule has 1 atom stereocenters. The number of piperidine rings is 1. The number of urea groups is 1. The number of carbonyl (C=O) groups is 1. The van der Waals surface area contributed by atoms with Gasteiger partial charge in [-0.1, -0.05) is 36.8 Å². The summed E-state index contributed by atoms with van der Waals surface area (Å²) in [6.45, 7) is 3.75. The molecule has 3 rings (SSSR count). The lowest BCUT2D eigenvalue weighted by molar-refractivity contribution is 0.108. The number of hydrogen-bond donors (Lipinski definition) is 3. The van der Waals surface area contributed by atoms with Crippen LogP contribution in [0.1, 0.15) is 24.8 Å². The lowest BCUT2D eigenvalue weighted by Gasteiger charge is -2.26. The maximum absolute atomic E-state index is 12.0. The second-order valence-corrected chi connectivity index (χ2v) is 7.46. The Balaban J connectivity index is 1.33. The molecule has 1 aliphatic rings. The van der Waals surface area contributed by atoms with Crippen molar-refractivity contribution in [3.8, 4) is 5.75 Å². The fourth-order valence-electron chi connectivity index (χ4n) is 3.38. The maximum Gasteiger partial charge on any atom is 0.319 e. The summed E-state index contributed by atoms with van der Waals surface area (Å²) in [6, 6.07) is 16.9. The highest BCUT2D eigenvalue weighted by Crippen LogP contribution is 2.13. The SMILES string of the molecule is O=C(NC[C@H](O)COc1ccccc1)Nc1ccc(CCN2CCCCC2)cc1. The van der Waals surface area contributed by atoms with Crippen LogP contribution >= 0.6 is 0 Å². The van der Waals surface area contributed by atoms with E-state index in [-0.39, 0.29) is 19.2 Å². The number of likely N-dealkylation sites (tertiary alicyclic amines) is 1. The first kappa shape index (κ1) is 21.1. The van der Waals surface area contributed by atoms with Crippen molar-refractivity contribution < 1.29 is 14.6 Å². The van der Waals surface area contributed by atoms with Crippen molar-refractivity contribution in [3.05, 3.63) is 60.2 Å². The Labute approximate surface area is 172 Å². The first-order valence-electron chi connectivity index (χ1n) is 10.4. The summed E-state index contributed by atoms with van der Waals surface area (Å²) < 4.78 is 5.47. The Morgan fingerprint density at radius 2 is 1.76 bits per heavy atom. The average Bonchev–Trinajstić information content (AvgIpc) is 2.77. The van der Waals surface area contributed by atoms with Gasteiger partial charge in [-0.3, -0.25) is 0 Å². The predicted molar refractivity (Wildman–Crippen MR) is 115 cm³/mol. The zero-order valence-corrected chi connectivity index (χ0v) is 16.8. The van der Waals surface area contributed by atoms with Crippen LogP contribution in [0.3, 0.4) is 0 Å². The molecule has 1 aliphatic heterocycles. The number of amides is 2. The molecular formula is C23H31N3O3. The fraction of sp³-hybridized carbons (Fsp3) is 0.435. The second-order valence-electron chi connectivity index (χ2n) is 7.46. The van der Waals surface area contributed by atoms with Gasteiger partial charge < -0.3 is 25.4 Å². The van der Waals surface area contributed by atoms with Crippen molar-refractivity contribution in [2.45, 2.75) is 31.8 Å².